The van der Waals surface area contributed by atoms with Crippen molar-refractivity contribution >= 4 is 23.2 Å². The monoisotopic (exact) mass is 416 g/mol. The largest absolute Gasteiger partial charge is 0.465 e. The Bertz CT molecular complexity index is 1320. The molecule has 0 atom stereocenters. The predicted octanol–water partition coefficient (Wildman–Crippen LogP) is 3.14. The van der Waals surface area contributed by atoms with Crippen LogP contribution in [0.25, 0.3) is 22.2 Å². The van der Waals surface area contributed by atoms with Crippen LogP contribution in [0.2, 0.25) is 0 Å². The summed E-state index contributed by atoms with van der Waals surface area (Å²) in [5, 5.41) is 12.4. The second-order valence-electron chi connectivity index (χ2n) is 6.85. The number of nitrogens with one attached hydrogen (secondary N) is 2. The molecule has 3 N–H and O–H groups in total. The van der Waals surface area contributed by atoms with Crippen LogP contribution in [-0.2, 0) is 11.3 Å². The molecule has 1 aromatic heterocycles. The predicted molar refractivity (Wildman–Crippen MR) is 117 cm³/mol. The Morgan fingerprint density at radius 1 is 1.13 bits per heavy atom. The normalized spacial score (nSPS) is 11.2. The number of fused-ring (bicyclic) bond motifs is 1. The van der Waals surface area contributed by atoms with E-state index < -0.39 is 5.97 Å². The first kappa shape index (κ1) is 20.1. The number of hydrogen-bond acceptors (Lipinski definition) is 6. The van der Waals surface area contributed by atoms with Crippen molar-refractivity contribution in [2.45, 2.75) is 6.54 Å². The van der Waals surface area contributed by atoms with Crippen LogP contribution in [0.3, 0.4) is 0 Å². The zero-order valence-corrected chi connectivity index (χ0v) is 16.7. The summed E-state index contributed by atoms with van der Waals surface area (Å²) in [6.07, 6.45) is 1.53. The highest BCUT2D eigenvalue weighted by Crippen LogP contribution is 2.24. The van der Waals surface area contributed by atoms with Crippen molar-refractivity contribution < 1.29 is 14.7 Å². The highest BCUT2D eigenvalue weighted by atomic mass is 16.5. The Labute approximate surface area is 177 Å². The summed E-state index contributed by atoms with van der Waals surface area (Å²) >= 11 is 0. The number of benzene rings is 3. The maximum atomic E-state index is 12.6. The van der Waals surface area contributed by atoms with E-state index in [1.54, 1.807) is 23.8 Å². The van der Waals surface area contributed by atoms with E-state index in [0.29, 0.717) is 23.1 Å². The lowest BCUT2D eigenvalue weighted by molar-refractivity contribution is 0.0602. The summed E-state index contributed by atoms with van der Waals surface area (Å²) in [6, 6.07) is 20.5. The number of aromatic amines is 1. The maximum Gasteiger partial charge on any atom is 0.340 e. The Kier molecular flexibility index (Phi) is 5.63. The van der Waals surface area contributed by atoms with Gasteiger partial charge in [-0.3, -0.25) is 9.77 Å². The number of carbonyl (C=O) groups is 1. The van der Waals surface area contributed by atoms with E-state index >= 15 is 0 Å². The third-order valence-electron chi connectivity index (χ3n) is 5.03. The molecule has 0 spiro atoms. The Morgan fingerprint density at radius 3 is 2.65 bits per heavy atom. The number of rotatable bonds is 6. The van der Waals surface area contributed by atoms with Gasteiger partial charge in [0.25, 0.3) is 0 Å². The van der Waals surface area contributed by atoms with Gasteiger partial charge >= 0.3 is 11.7 Å². The number of esters is 1. The van der Waals surface area contributed by atoms with Crippen molar-refractivity contribution in [3.63, 3.8) is 0 Å². The molecule has 4 rings (SSSR count). The molecule has 0 radical (unpaired) electrons. The standard InChI is InChI=1S/C23H20N4O4/c1-31-22(28)19-7-4-8-20-21(19)27(23(29)25-20)14-15-9-11-16(12-10-15)18-6-3-2-5-17(18)13-24-26-30/h2-13,26,30H,14H2,1H3,(H,25,29). The van der Waals surface area contributed by atoms with E-state index in [2.05, 4.69) is 10.1 Å². The molecule has 156 valence electrons. The van der Waals surface area contributed by atoms with Crippen LogP contribution in [-0.4, -0.2) is 34.1 Å². The van der Waals surface area contributed by atoms with Crippen molar-refractivity contribution in [2.75, 3.05) is 7.11 Å². The molecular formula is C23H20N4O4. The number of hydrazone groups is 1. The summed E-state index contributed by atoms with van der Waals surface area (Å²) in [4.78, 5) is 27.5. The smallest absolute Gasteiger partial charge is 0.340 e. The van der Waals surface area contributed by atoms with E-state index in [-0.39, 0.29) is 5.69 Å². The number of ether oxygens (including phenoxy) is 1. The Morgan fingerprint density at radius 2 is 1.90 bits per heavy atom. The molecule has 4 aromatic rings. The molecular weight excluding hydrogens is 396 g/mol. The second-order valence-corrected chi connectivity index (χ2v) is 6.85. The van der Waals surface area contributed by atoms with Gasteiger partial charge in [0.2, 0.25) is 0 Å². The molecule has 0 fully saturated rings. The van der Waals surface area contributed by atoms with Crippen LogP contribution in [0.15, 0.2) is 76.6 Å². The summed E-state index contributed by atoms with van der Waals surface area (Å²) in [5.41, 5.74) is 6.55. The van der Waals surface area contributed by atoms with Crippen LogP contribution in [0, 0.1) is 0 Å². The minimum absolute atomic E-state index is 0.296. The number of carbonyl (C=O) groups excluding carboxylic acids is 1. The Hall–Kier alpha value is -4.17. The molecule has 31 heavy (non-hydrogen) atoms. The summed E-state index contributed by atoms with van der Waals surface area (Å²) < 4.78 is 6.40. The molecule has 0 aliphatic carbocycles. The van der Waals surface area contributed by atoms with E-state index in [9.17, 15) is 9.59 Å². The van der Waals surface area contributed by atoms with Crippen molar-refractivity contribution in [1.82, 2.24) is 15.1 Å². The first-order valence-electron chi connectivity index (χ1n) is 9.52. The number of para-hydroxylation sites is 1. The first-order valence-corrected chi connectivity index (χ1v) is 9.52. The zero-order chi connectivity index (χ0) is 21.8. The van der Waals surface area contributed by atoms with Gasteiger partial charge in [-0.25, -0.2) is 9.59 Å². The van der Waals surface area contributed by atoms with E-state index in [1.165, 1.54) is 17.9 Å². The fourth-order valence-electron chi connectivity index (χ4n) is 3.59. The molecule has 1 heterocycles. The molecule has 0 amide bonds. The molecule has 0 bridgehead atoms. The molecule has 8 nitrogen and oxygen atoms in total. The molecule has 3 aromatic carbocycles. The van der Waals surface area contributed by atoms with Crippen LogP contribution in [0.5, 0.6) is 0 Å². The molecule has 0 aliphatic rings. The first-order chi connectivity index (χ1) is 15.1. The van der Waals surface area contributed by atoms with Gasteiger partial charge in [0.1, 0.15) is 0 Å². The van der Waals surface area contributed by atoms with E-state index in [4.69, 9.17) is 9.94 Å². The van der Waals surface area contributed by atoms with Crippen molar-refractivity contribution in [3.05, 3.63) is 93.9 Å². The number of H-pyrrole nitrogens is 1. The third-order valence-corrected chi connectivity index (χ3v) is 5.03. The number of nitrogens with zero attached hydrogens (tertiary/aromatic N) is 2. The molecule has 0 aliphatic heterocycles. The summed E-state index contributed by atoms with van der Waals surface area (Å²) in [5.74, 6) is -0.496. The fraction of sp³-hybridized carbons (Fsp3) is 0.0870. The van der Waals surface area contributed by atoms with Crippen molar-refractivity contribution in [1.29, 1.82) is 0 Å². The lowest BCUT2D eigenvalue weighted by Gasteiger charge is -2.09. The molecule has 0 unspecified atom stereocenters. The van der Waals surface area contributed by atoms with Gasteiger partial charge in [-0.05, 0) is 28.8 Å². The van der Waals surface area contributed by atoms with Crippen molar-refractivity contribution in [3.8, 4) is 11.1 Å². The lowest BCUT2D eigenvalue weighted by atomic mass is 9.99. The van der Waals surface area contributed by atoms with E-state index in [0.717, 1.165) is 22.3 Å². The van der Waals surface area contributed by atoms with Gasteiger partial charge in [-0.1, -0.05) is 54.6 Å². The van der Waals surface area contributed by atoms with E-state index in [1.807, 2.05) is 48.5 Å². The third kappa shape index (κ3) is 3.96. The lowest BCUT2D eigenvalue weighted by Crippen LogP contribution is -2.18. The van der Waals surface area contributed by atoms with Crippen molar-refractivity contribution in [2.24, 2.45) is 5.10 Å². The van der Waals surface area contributed by atoms with Crippen LogP contribution in [0.1, 0.15) is 21.5 Å². The topological polar surface area (TPSA) is 109 Å². The summed E-state index contributed by atoms with van der Waals surface area (Å²) in [7, 11) is 1.31. The second kappa shape index (κ2) is 8.68. The molecule has 0 saturated heterocycles. The average molecular weight is 416 g/mol. The van der Waals surface area contributed by atoms with Gasteiger partial charge in [0, 0.05) is 5.56 Å². The van der Waals surface area contributed by atoms with Gasteiger partial charge < -0.3 is 9.72 Å². The SMILES string of the molecule is COC(=O)c1cccc2[nH]c(=O)n(Cc3ccc(-c4ccccc4C=NNO)cc3)c12. The molecule has 8 heteroatoms. The highest BCUT2D eigenvalue weighted by molar-refractivity contribution is 6.02. The number of imidazole rings is 1. The fourth-order valence-corrected chi connectivity index (χ4v) is 3.59. The minimum atomic E-state index is -0.496. The zero-order valence-electron chi connectivity index (χ0n) is 16.7. The van der Waals surface area contributed by atoms with Crippen LogP contribution >= 0.6 is 0 Å². The maximum absolute atomic E-state index is 12.6. The number of methoxy groups -OCH3 is 1. The quantitative estimate of drug-likeness (QED) is 0.254. The minimum Gasteiger partial charge on any atom is -0.465 e. The Balaban J connectivity index is 1.69. The number of hydrogen-bond donors (Lipinski definition) is 3. The molecule has 0 saturated carbocycles. The highest BCUT2D eigenvalue weighted by Gasteiger charge is 2.17. The van der Waals surface area contributed by atoms with Crippen LogP contribution < -0.4 is 11.3 Å². The van der Waals surface area contributed by atoms with Gasteiger partial charge in [0.15, 0.2) is 0 Å². The summed E-state index contributed by atoms with van der Waals surface area (Å²) in [6.45, 7) is 0.296. The van der Waals surface area contributed by atoms with Crippen LogP contribution in [0.4, 0.5) is 0 Å². The average Bonchev–Trinajstić information content (AvgIpc) is 3.13. The van der Waals surface area contributed by atoms with Gasteiger partial charge in [-0.15, -0.1) is 0 Å². The van der Waals surface area contributed by atoms with Gasteiger partial charge in [0.05, 0.1) is 36.5 Å². The van der Waals surface area contributed by atoms with Gasteiger partial charge in [-0.2, -0.15) is 10.7 Å². The number of aromatic nitrogens is 2.